The van der Waals surface area contributed by atoms with E-state index in [1.807, 2.05) is 32.0 Å². The molecule has 0 radical (unpaired) electrons. The lowest BCUT2D eigenvalue weighted by Gasteiger charge is -2.30. The van der Waals surface area contributed by atoms with Gasteiger partial charge in [-0.25, -0.2) is 0 Å². The zero-order valence-corrected chi connectivity index (χ0v) is 20.5. The summed E-state index contributed by atoms with van der Waals surface area (Å²) in [5, 5.41) is 7.28. The van der Waals surface area contributed by atoms with Crippen molar-refractivity contribution in [3.8, 4) is 22.9 Å². The quantitative estimate of drug-likeness (QED) is 0.549. The highest BCUT2D eigenvalue weighted by Crippen LogP contribution is 2.31. The first-order valence-electron chi connectivity index (χ1n) is 11.5. The molecule has 180 valence electrons. The first-order chi connectivity index (χ1) is 16.4. The Hall–Kier alpha value is -3.39. The molecule has 1 amide bonds. The summed E-state index contributed by atoms with van der Waals surface area (Å²) in [6, 6.07) is 9.73. The third kappa shape index (κ3) is 5.22. The average Bonchev–Trinajstić information content (AvgIpc) is 3.29. The van der Waals surface area contributed by atoms with Crippen molar-refractivity contribution < 1.29 is 18.8 Å². The topological polar surface area (TPSA) is 89.7 Å². The van der Waals surface area contributed by atoms with Gasteiger partial charge >= 0.3 is 0 Å². The second kappa shape index (κ2) is 10.3. The van der Waals surface area contributed by atoms with Gasteiger partial charge in [0, 0.05) is 17.2 Å². The van der Waals surface area contributed by atoms with Crippen LogP contribution in [0, 0.1) is 26.7 Å². The van der Waals surface area contributed by atoms with E-state index in [4.69, 9.17) is 14.0 Å². The van der Waals surface area contributed by atoms with Crippen molar-refractivity contribution in [1.29, 1.82) is 0 Å². The summed E-state index contributed by atoms with van der Waals surface area (Å²) in [6.45, 7) is 8.32. The molecule has 1 N–H and O–H groups in total. The Morgan fingerprint density at radius 1 is 1.06 bits per heavy atom. The van der Waals surface area contributed by atoms with Gasteiger partial charge in [-0.2, -0.15) is 4.98 Å². The minimum Gasteiger partial charge on any atom is -0.493 e. The van der Waals surface area contributed by atoms with Crippen molar-refractivity contribution in [2.75, 3.05) is 32.6 Å². The van der Waals surface area contributed by atoms with Crippen molar-refractivity contribution in [2.24, 2.45) is 5.92 Å². The van der Waals surface area contributed by atoms with Gasteiger partial charge < -0.3 is 19.3 Å². The number of aryl methyl sites for hydroxylation is 3. The summed E-state index contributed by atoms with van der Waals surface area (Å²) in [5.74, 6) is 2.43. The van der Waals surface area contributed by atoms with E-state index in [0.29, 0.717) is 29.8 Å². The van der Waals surface area contributed by atoms with Crippen LogP contribution in [-0.4, -0.2) is 48.3 Å². The van der Waals surface area contributed by atoms with Crippen LogP contribution < -0.4 is 14.8 Å². The standard InChI is InChI=1S/C26H32N4O4/c1-16-12-17(2)24(18(3)13-16)28-26(31)19-8-10-30(11-9-19)15-23-27-25(29-34-23)20-6-7-21(32-4)22(14-20)33-5/h6-7,12-14,19H,8-11,15H2,1-5H3,(H,28,31). The fraction of sp³-hybridized carbons (Fsp3) is 0.423. The number of hydrogen-bond acceptors (Lipinski definition) is 7. The number of anilines is 1. The molecule has 0 unspecified atom stereocenters. The molecule has 4 rings (SSSR count). The molecule has 1 aromatic heterocycles. The molecule has 0 spiro atoms. The maximum atomic E-state index is 12.9. The van der Waals surface area contributed by atoms with Gasteiger partial charge in [0.05, 0.1) is 20.8 Å². The van der Waals surface area contributed by atoms with E-state index in [2.05, 4.69) is 39.4 Å². The van der Waals surface area contributed by atoms with Crippen molar-refractivity contribution >= 4 is 11.6 Å². The Morgan fingerprint density at radius 2 is 1.74 bits per heavy atom. The van der Waals surface area contributed by atoms with E-state index in [1.165, 1.54) is 5.56 Å². The fourth-order valence-electron chi connectivity index (χ4n) is 4.56. The van der Waals surface area contributed by atoms with Crippen LogP contribution in [-0.2, 0) is 11.3 Å². The van der Waals surface area contributed by atoms with Crippen LogP contribution in [0.3, 0.4) is 0 Å². The fourth-order valence-corrected chi connectivity index (χ4v) is 4.56. The smallest absolute Gasteiger partial charge is 0.241 e. The molecule has 0 saturated carbocycles. The first kappa shape index (κ1) is 23.8. The third-order valence-electron chi connectivity index (χ3n) is 6.35. The van der Waals surface area contributed by atoms with Crippen molar-refractivity contribution in [2.45, 2.75) is 40.2 Å². The van der Waals surface area contributed by atoms with Gasteiger partial charge in [-0.3, -0.25) is 9.69 Å². The number of benzene rings is 2. The van der Waals surface area contributed by atoms with Crippen LogP contribution in [0.25, 0.3) is 11.4 Å². The predicted octanol–water partition coefficient (Wildman–Crippen LogP) is 4.53. The lowest BCUT2D eigenvalue weighted by atomic mass is 9.95. The number of methoxy groups -OCH3 is 2. The van der Waals surface area contributed by atoms with Crippen LogP contribution >= 0.6 is 0 Å². The number of nitrogens with zero attached hydrogens (tertiary/aromatic N) is 3. The highest BCUT2D eigenvalue weighted by atomic mass is 16.5. The number of likely N-dealkylation sites (tertiary alicyclic amines) is 1. The monoisotopic (exact) mass is 464 g/mol. The zero-order valence-electron chi connectivity index (χ0n) is 20.5. The van der Waals surface area contributed by atoms with Crippen molar-refractivity contribution in [3.63, 3.8) is 0 Å². The summed E-state index contributed by atoms with van der Waals surface area (Å²) in [6.07, 6.45) is 1.60. The lowest BCUT2D eigenvalue weighted by Crippen LogP contribution is -2.38. The normalized spacial score (nSPS) is 14.7. The van der Waals surface area contributed by atoms with E-state index in [0.717, 1.165) is 48.3 Å². The molecular formula is C26H32N4O4. The number of carbonyl (C=O) groups excluding carboxylic acids is 1. The van der Waals surface area contributed by atoms with Gasteiger partial charge in [0.2, 0.25) is 17.6 Å². The largest absolute Gasteiger partial charge is 0.493 e. The van der Waals surface area contributed by atoms with Crippen LogP contribution in [0.5, 0.6) is 11.5 Å². The van der Waals surface area contributed by atoms with E-state index < -0.39 is 0 Å². The zero-order chi connectivity index (χ0) is 24.2. The van der Waals surface area contributed by atoms with Gasteiger partial charge in [0.15, 0.2) is 11.5 Å². The Bertz CT molecular complexity index is 1140. The molecule has 8 heteroatoms. The predicted molar refractivity (Wildman–Crippen MR) is 130 cm³/mol. The maximum Gasteiger partial charge on any atom is 0.241 e. The van der Waals surface area contributed by atoms with E-state index in [1.54, 1.807) is 14.2 Å². The van der Waals surface area contributed by atoms with Crippen LogP contribution in [0.4, 0.5) is 5.69 Å². The molecule has 2 heterocycles. The first-order valence-corrected chi connectivity index (χ1v) is 11.5. The Balaban J connectivity index is 1.33. The molecule has 1 fully saturated rings. The minimum absolute atomic E-state index is 0.00126. The number of hydrogen-bond donors (Lipinski definition) is 1. The number of aromatic nitrogens is 2. The highest BCUT2D eigenvalue weighted by Gasteiger charge is 2.26. The van der Waals surface area contributed by atoms with Gasteiger partial charge in [-0.05, 0) is 76.0 Å². The summed E-state index contributed by atoms with van der Waals surface area (Å²) in [5.41, 5.74) is 5.14. The number of nitrogens with one attached hydrogen (secondary N) is 1. The van der Waals surface area contributed by atoms with Gasteiger partial charge in [-0.1, -0.05) is 22.9 Å². The Kier molecular flexibility index (Phi) is 7.17. The number of rotatable bonds is 7. The number of ether oxygens (including phenoxy) is 2. The molecule has 1 saturated heterocycles. The van der Waals surface area contributed by atoms with E-state index >= 15 is 0 Å². The molecule has 8 nitrogen and oxygen atoms in total. The van der Waals surface area contributed by atoms with Gasteiger partial charge in [-0.15, -0.1) is 0 Å². The molecular weight excluding hydrogens is 432 g/mol. The Labute approximate surface area is 200 Å². The average molecular weight is 465 g/mol. The maximum absolute atomic E-state index is 12.9. The second-order valence-electron chi connectivity index (χ2n) is 8.89. The van der Waals surface area contributed by atoms with Gasteiger partial charge in [0.1, 0.15) is 0 Å². The Morgan fingerprint density at radius 3 is 2.38 bits per heavy atom. The SMILES string of the molecule is COc1ccc(-c2noc(CN3CCC(C(=O)Nc4c(C)cc(C)cc4C)CC3)n2)cc1OC. The molecule has 0 bridgehead atoms. The summed E-state index contributed by atoms with van der Waals surface area (Å²) >= 11 is 0. The van der Waals surface area contributed by atoms with Crippen molar-refractivity contribution in [3.05, 3.63) is 52.9 Å². The second-order valence-corrected chi connectivity index (χ2v) is 8.89. The van der Waals surface area contributed by atoms with Gasteiger partial charge in [0.25, 0.3) is 0 Å². The van der Waals surface area contributed by atoms with E-state index in [9.17, 15) is 4.79 Å². The van der Waals surface area contributed by atoms with E-state index in [-0.39, 0.29) is 11.8 Å². The highest BCUT2D eigenvalue weighted by molar-refractivity contribution is 5.94. The molecule has 2 aromatic carbocycles. The minimum atomic E-state index is 0.00126. The number of piperidine rings is 1. The molecule has 3 aromatic rings. The molecule has 34 heavy (non-hydrogen) atoms. The summed E-state index contributed by atoms with van der Waals surface area (Å²) in [7, 11) is 3.19. The third-order valence-corrected chi connectivity index (χ3v) is 6.35. The van der Waals surface area contributed by atoms with Crippen LogP contribution in [0.2, 0.25) is 0 Å². The molecule has 0 atom stereocenters. The van der Waals surface area contributed by atoms with Crippen molar-refractivity contribution in [1.82, 2.24) is 15.0 Å². The summed E-state index contributed by atoms with van der Waals surface area (Å²) < 4.78 is 16.1. The van der Waals surface area contributed by atoms with Crippen LogP contribution in [0.1, 0.15) is 35.4 Å². The molecule has 1 aliphatic rings. The molecule has 0 aliphatic carbocycles. The summed E-state index contributed by atoms with van der Waals surface area (Å²) in [4.78, 5) is 19.7. The number of carbonyl (C=O) groups is 1. The number of amides is 1. The molecule has 1 aliphatic heterocycles. The lowest BCUT2D eigenvalue weighted by molar-refractivity contribution is -0.121. The van der Waals surface area contributed by atoms with Crippen LogP contribution in [0.15, 0.2) is 34.9 Å².